The van der Waals surface area contributed by atoms with Crippen molar-refractivity contribution < 1.29 is 53.4 Å². The van der Waals surface area contributed by atoms with Crippen LogP contribution < -0.4 is 88.0 Å². The Balaban J connectivity index is 1.18. The molecule has 1 unspecified atom stereocenters. The van der Waals surface area contributed by atoms with E-state index < -0.39 is 102 Å². The van der Waals surface area contributed by atoms with Crippen molar-refractivity contribution in [1.82, 2.24) is 57.2 Å². The monoisotopic (exact) mass is 1380 g/mol. The van der Waals surface area contributed by atoms with Gasteiger partial charge in [-0.3, -0.25) is 48.5 Å². The molecule has 3 fully saturated rings. The molecule has 1 aromatic carbocycles. The number of carboxylic acids is 2. The molecule has 544 valence electrons. The van der Waals surface area contributed by atoms with E-state index in [1.54, 1.807) is 19.2 Å². The van der Waals surface area contributed by atoms with Crippen LogP contribution in [-0.2, 0) is 44.9 Å². The molecule has 3 aromatic rings. The lowest BCUT2D eigenvalue weighted by Crippen LogP contribution is -2.60. The highest BCUT2D eigenvalue weighted by molar-refractivity contribution is 5.98. The molecule has 99 heavy (non-hydrogen) atoms. The van der Waals surface area contributed by atoms with Crippen molar-refractivity contribution in [2.75, 3.05) is 43.0 Å². The summed E-state index contributed by atoms with van der Waals surface area (Å²) in [5.74, 6) is -8.34. The lowest BCUT2D eigenvalue weighted by atomic mass is 9.84. The third kappa shape index (κ3) is 27.1. The van der Waals surface area contributed by atoms with E-state index in [2.05, 4.69) is 72.1 Å². The van der Waals surface area contributed by atoms with Crippen molar-refractivity contribution in [2.45, 2.75) is 216 Å². The van der Waals surface area contributed by atoms with Crippen LogP contribution in [0.4, 0.5) is 17.5 Å². The molecule has 0 saturated heterocycles. The molecule has 34 nitrogen and oxygen atoms in total. The number of carboxylic acid groups (broad SMARTS) is 2. The van der Waals surface area contributed by atoms with Gasteiger partial charge in [-0.15, -0.1) is 0 Å². The van der Waals surface area contributed by atoms with E-state index in [1.807, 2.05) is 4.90 Å². The summed E-state index contributed by atoms with van der Waals surface area (Å²) in [7, 11) is 1.79. The van der Waals surface area contributed by atoms with Crippen molar-refractivity contribution in [1.29, 1.82) is 0 Å². The minimum atomic E-state index is -1.52. The number of aliphatic imine (C=N–C) groups is 3. The fourth-order valence-electron chi connectivity index (χ4n) is 12.9. The molecule has 2 heterocycles. The van der Waals surface area contributed by atoms with Gasteiger partial charge in [0, 0.05) is 44.4 Å². The Morgan fingerprint density at radius 2 is 0.879 bits per heavy atom. The summed E-state index contributed by atoms with van der Waals surface area (Å²) in [5, 5.41) is 39.8. The zero-order chi connectivity index (χ0) is 72.0. The molecule has 34 heteroatoms. The maximum absolute atomic E-state index is 15.0. The van der Waals surface area contributed by atoms with Gasteiger partial charge in [0.25, 0.3) is 5.91 Å². The summed E-state index contributed by atoms with van der Waals surface area (Å²) < 4.78 is 0. The minimum absolute atomic E-state index is 0.00273. The molecule has 6 rings (SSSR count). The van der Waals surface area contributed by atoms with E-state index in [9.17, 15) is 53.4 Å². The number of anilines is 3. The standard InChI is InChI=1S/C65H103N23O11/c1-88(36-41-35-77-53-51(78-41)52(66)86-65(73)87-53)42-25-23-40(24-26-42)54(90)82-46(61(98)99)27-28-50(89)79-47(32-37-14-5-2-6-15-37)57(93)80-43(20-11-29-74-62(67)68)55(91)84-48(33-38-16-7-3-8-17-38)58(94)81-44(21-12-30-75-63(69)70)56(92)85-49(34-39-18-9-4-10-19-39)59(95)83-45(60(96)97)22-13-31-76-64(71)72/h23-26,35,37-39,43-49H,2-22,27-34,36H2,1H3,(H,79,89)(H,80,93)(H,81,94)(H,82,90)(H,83,95)(H,84,91)(H,85,92)(H,96,97)(H,98,99)(H4,67,68,74)(H4,69,70,75)(H4,71,72,76)(H4,66,73,77,86,87)/t43-,44-,45-,46?,47+,48+,49+/m1/s1. The first-order valence-corrected chi connectivity index (χ1v) is 34.4. The number of fused-ring (bicyclic) bond motifs is 1. The molecule has 7 atom stereocenters. The zero-order valence-corrected chi connectivity index (χ0v) is 56.6. The number of hydrogen-bond donors (Lipinski definition) is 17. The number of amides is 7. The van der Waals surface area contributed by atoms with Crippen LogP contribution in [-0.4, -0.2) is 170 Å². The maximum atomic E-state index is 15.0. The number of carbonyl (C=O) groups is 9. The maximum Gasteiger partial charge on any atom is 0.326 e. The van der Waals surface area contributed by atoms with Gasteiger partial charge in [-0.1, -0.05) is 96.3 Å². The number of carbonyl (C=O) groups excluding carboxylic acids is 7. The van der Waals surface area contributed by atoms with Crippen molar-refractivity contribution in [2.24, 2.45) is 67.1 Å². The zero-order valence-electron chi connectivity index (χ0n) is 56.6. The Morgan fingerprint density at radius 3 is 1.30 bits per heavy atom. The number of nitrogen functional groups attached to an aromatic ring is 2. The summed E-state index contributed by atoms with van der Waals surface area (Å²) >= 11 is 0. The topological polar surface area (TPSA) is 578 Å². The van der Waals surface area contributed by atoms with Crippen molar-refractivity contribution >= 4 is 99.8 Å². The first-order chi connectivity index (χ1) is 47.3. The number of aromatic nitrogens is 4. The number of nitrogens with zero attached hydrogens (tertiary/aromatic N) is 8. The van der Waals surface area contributed by atoms with Crippen LogP contribution in [0.3, 0.4) is 0 Å². The Hall–Kier alpha value is -9.92. The molecule has 3 aliphatic carbocycles. The number of rotatable bonds is 39. The molecule has 0 aliphatic heterocycles. The van der Waals surface area contributed by atoms with Crippen LogP contribution in [0.25, 0.3) is 11.2 Å². The highest BCUT2D eigenvalue weighted by Gasteiger charge is 2.37. The van der Waals surface area contributed by atoms with Gasteiger partial charge in [0.2, 0.25) is 41.4 Å². The Kier molecular flexibility index (Phi) is 31.6. The second kappa shape index (κ2) is 40.1. The van der Waals surface area contributed by atoms with Crippen LogP contribution in [0, 0.1) is 17.8 Å². The van der Waals surface area contributed by atoms with E-state index in [-0.39, 0.29) is 155 Å². The second-order valence-electron chi connectivity index (χ2n) is 26.1. The summed E-state index contributed by atoms with van der Waals surface area (Å²) in [6, 6.07) is -2.86. The van der Waals surface area contributed by atoms with E-state index in [1.165, 1.54) is 18.3 Å². The van der Waals surface area contributed by atoms with E-state index >= 15 is 0 Å². The fourth-order valence-corrected chi connectivity index (χ4v) is 12.9. The summed E-state index contributed by atoms with van der Waals surface area (Å²) in [6.07, 6.45) is 14.7. The van der Waals surface area contributed by atoms with Crippen LogP contribution in [0.1, 0.15) is 183 Å². The van der Waals surface area contributed by atoms with Crippen LogP contribution in [0.2, 0.25) is 0 Å². The molecule has 0 bridgehead atoms. The molecule has 3 saturated carbocycles. The Labute approximate surface area is 575 Å². The molecule has 2 aromatic heterocycles. The number of nitrogens with one attached hydrogen (secondary N) is 7. The largest absolute Gasteiger partial charge is 0.480 e. The SMILES string of the molecule is CN(Cc1cnc2nc(N)nc(N)c2n1)c1ccc(C(=O)NC(CCC(=O)N[C@@H](CC2CCCCC2)C(=O)N[C@H](CCCN=C(N)N)C(=O)N[C@@H](CC2CCCCC2)C(=O)N[C@H](CCCN=C(N)N)C(=O)N[C@@H](CC2CCCCC2)C(=O)N[C@H](CCCN=C(N)N)C(=O)O)C(=O)O)cc1. The third-order valence-electron chi connectivity index (χ3n) is 18.2. The van der Waals surface area contributed by atoms with Crippen LogP contribution in [0.5, 0.6) is 0 Å². The summed E-state index contributed by atoms with van der Waals surface area (Å²) in [5.41, 5.74) is 47.1. The minimum Gasteiger partial charge on any atom is -0.480 e. The van der Waals surface area contributed by atoms with Crippen LogP contribution >= 0.6 is 0 Å². The highest BCUT2D eigenvalue weighted by Crippen LogP contribution is 2.31. The van der Waals surface area contributed by atoms with E-state index in [0.717, 1.165) is 96.3 Å². The lowest BCUT2D eigenvalue weighted by Gasteiger charge is -2.31. The number of nitrogens with two attached hydrogens (primary N) is 8. The van der Waals surface area contributed by atoms with Crippen molar-refractivity contribution in [3.63, 3.8) is 0 Å². The first-order valence-electron chi connectivity index (χ1n) is 34.4. The van der Waals surface area contributed by atoms with Gasteiger partial charge < -0.3 is 98.2 Å². The number of benzene rings is 1. The molecular weight excluding hydrogens is 1280 g/mol. The second-order valence-corrected chi connectivity index (χ2v) is 26.1. The predicted molar refractivity (Wildman–Crippen MR) is 373 cm³/mol. The van der Waals surface area contributed by atoms with E-state index in [4.69, 9.17) is 45.9 Å². The molecule has 0 spiro atoms. The normalized spacial score (nSPS) is 16.5. The highest BCUT2D eigenvalue weighted by atomic mass is 16.4. The van der Waals surface area contributed by atoms with Gasteiger partial charge in [-0.05, 0) is 106 Å². The molecule has 25 N–H and O–H groups in total. The van der Waals surface area contributed by atoms with Gasteiger partial charge in [-0.25, -0.2) is 19.6 Å². The quantitative estimate of drug-likeness (QED) is 0.0207. The molecule has 7 amide bonds. The molecular formula is C65H103N23O11. The molecule has 3 aliphatic rings. The summed E-state index contributed by atoms with van der Waals surface area (Å²) in [4.78, 5) is 157. The number of guanidine groups is 3. The third-order valence-corrected chi connectivity index (χ3v) is 18.2. The van der Waals surface area contributed by atoms with E-state index in [0.29, 0.717) is 11.4 Å². The van der Waals surface area contributed by atoms with Gasteiger partial charge in [-0.2, -0.15) is 9.97 Å². The summed E-state index contributed by atoms with van der Waals surface area (Å²) in [6.45, 7) is 0.517. The number of hydrogen-bond acceptors (Lipinski definition) is 19. The van der Waals surface area contributed by atoms with Crippen LogP contribution in [0.15, 0.2) is 45.4 Å². The average Bonchev–Trinajstić information content (AvgIpc) is 0.979. The Bertz CT molecular complexity index is 3290. The average molecular weight is 1380 g/mol. The van der Waals surface area contributed by atoms with Crippen molar-refractivity contribution in [3.8, 4) is 0 Å². The Morgan fingerprint density at radius 1 is 0.495 bits per heavy atom. The lowest BCUT2D eigenvalue weighted by molar-refractivity contribution is -0.142. The number of aliphatic carboxylic acids is 2. The van der Waals surface area contributed by atoms with Gasteiger partial charge in [0.1, 0.15) is 42.3 Å². The van der Waals surface area contributed by atoms with Gasteiger partial charge >= 0.3 is 11.9 Å². The van der Waals surface area contributed by atoms with Gasteiger partial charge in [0.15, 0.2) is 34.9 Å². The fraction of sp³-hybridized carbons (Fsp3) is 0.631. The smallest absolute Gasteiger partial charge is 0.326 e. The molecule has 0 radical (unpaired) electrons. The van der Waals surface area contributed by atoms with Gasteiger partial charge in [0.05, 0.1) is 18.4 Å². The predicted octanol–water partition coefficient (Wildman–Crippen LogP) is 0.249. The first kappa shape index (κ1) is 78.1. The van der Waals surface area contributed by atoms with Crippen molar-refractivity contribution in [3.05, 3.63) is 41.7 Å².